The number of hydrogen-bond donors (Lipinski definition) is 1. The molecule has 1 fully saturated rings. The summed E-state index contributed by atoms with van der Waals surface area (Å²) in [5.41, 5.74) is 0.565. The van der Waals surface area contributed by atoms with E-state index >= 15 is 0 Å². The first-order valence-corrected chi connectivity index (χ1v) is 7.84. The van der Waals surface area contributed by atoms with Gasteiger partial charge >= 0.3 is 5.97 Å². The van der Waals surface area contributed by atoms with Crippen LogP contribution in [0.15, 0.2) is 18.3 Å². The predicted octanol–water partition coefficient (Wildman–Crippen LogP) is 2.08. The average Bonchev–Trinajstić information content (AvgIpc) is 2.54. The number of nitrogens with one attached hydrogen (secondary N) is 1. The van der Waals surface area contributed by atoms with Crippen LogP contribution in [-0.4, -0.2) is 43.7 Å². The molecule has 1 aromatic heterocycles. The fraction of sp³-hybridized carbons (Fsp3) is 0.625. The monoisotopic (exact) mass is 291 g/mol. The third-order valence-corrected chi connectivity index (χ3v) is 3.90. The Kier molecular flexibility index (Phi) is 5.99. The molecule has 5 nitrogen and oxygen atoms in total. The second-order valence-electron chi connectivity index (χ2n) is 5.33. The zero-order chi connectivity index (χ0) is 15.1. The molecule has 0 amide bonds. The molecule has 1 saturated heterocycles. The van der Waals surface area contributed by atoms with Crippen LogP contribution in [-0.2, 0) is 4.74 Å². The molecule has 21 heavy (non-hydrogen) atoms. The summed E-state index contributed by atoms with van der Waals surface area (Å²) in [5.74, 6) is 1.12. The molecule has 1 aliphatic rings. The van der Waals surface area contributed by atoms with Crippen molar-refractivity contribution in [3.8, 4) is 0 Å². The Morgan fingerprint density at radius 3 is 2.86 bits per heavy atom. The molecule has 0 aliphatic carbocycles. The van der Waals surface area contributed by atoms with Gasteiger partial charge in [-0.25, -0.2) is 9.78 Å². The molecule has 1 aromatic rings. The van der Waals surface area contributed by atoms with Crippen LogP contribution in [0.25, 0.3) is 0 Å². The van der Waals surface area contributed by atoms with Gasteiger partial charge in [-0.05, 0) is 57.8 Å². The Morgan fingerprint density at radius 1 is 1.43 bits per heavy atom. The summed E-state index contributed by atoms with van der Waals surface area (Å²) in [6.07, 6.45) is 4.10. The summed E-state index contributed by atoms with van der Waals surface area (Å²) in [4.78, 5) is 18.7. The highest BCUT2D eigenvalue weighted by Crippen LogP contribution is 2.22. The van der Waals surface area contributed by atoms with Crippen molar-refractivity contribution in [3.63, 3.8) is 0 Å². The van der Waals surface area contributed by atoms with Gasteiger partial charge in [0.25, 0.3) is 0 Å². The van der Waals surface area contributed by atoms with E-state index in [4.69, 9.17) is 4.74 Å². The van der Waals surface area contributed by atoms with E-state index in [0.29, 0.717) is 18.1 Å². The van der Waals surface area contributed by atoms with Gasteiger partial charge in [0, 0.05) is 19.3 Å². The summed E-state index contributed by atoms with van der Waals surface area (Å²) in [6, 6.07) is 3.58. The second kappa shape index (κ2) is 7.98. The third-order valence-electron chi connectivity index (χ3n) is 3.90. The van der Waals surface area contributed by atoms with Crippen molar-refractivity contribution in [1.82, 2.24) is 10.3 Å². The van der Waals surface area contributed by atoms with Gasteiger partial charge in [-0.2, -0.15) is 0 Å². The van der Waals surface area contributed by atoms with Crippen molar-refractivity contribution in [2.24, 2.45) is 5.92 Å². The Morgan fingerprint density at radius 2 is 2.19 bits per heavy atom. The molecule has 2 rings (SSSR count). The molecule has 0 atom stereocenters. The van der Waals surface area contributed by atoms with E-state index in [9.17, 15) is 4.79 Å². The van der Waals surface area contributed by atoms with Gasteiger partial charge in [-0.15, -0.1) is 0 Å². The van der Waals surface area contributed by atoms with Gasteiger partial charge in [0.2, 0.25) is 0 Å². The van der Waals surface area contributed by atoms with Crippen LogP contribution >= 0.6 is 0 Å². The van der Waals surface area contributed by atoms with Crippen molar-refractivity contribution >= 4 is 11.8 Å². The van der Waals surface area contributed by atoms with E-state index in [1.165, 1.54) is 12.8 Å². The molecular weight excluding hydrogens is 266 g/mol. The van der Waals surface area contributed by atoms with Crippen molar-refractivity contribution in [2.45, 2.75) is 26.7 Å². The Balaban J connectivity index is 2.14. The largest absolute Gasteiger partial charge is 0.462 e. The van der Waals surface area contributed by atoms with E-state index in [-0.39, 0.29) is 5.97 Å². The number of ether oxygens (including phenoxy) is 1. The molecule has 2 heterocycles. The Labute approximate surface area is 126 Å². The second-order valence-corrected chi connectivity index (χ2v) is 5.33. The standard InChI is InChI=1S/C16H25N3O2/c1-3-19(12-13-7-10-17-11-8-13)15-14(6-5-9-18-15)16(20)21-4-2/h5-6,9,13,17H,3-4,7-8,10-12H2,1-2H3. The lowest BCUT2D eigenvalue weighted by atomic mass is 9.97. The first-order chi connectivity index (χ1) is 10.3. The van der Waals surface area contributed by atoms with Gasteiger partial charge in [0.1, 0.15) is 11.4 Å². The number of esters is 1. The summed E-state index contributed by atoms with van der Waals surface area (Å²) in [5, 5.41) is 3.38. The topological polar surface area (TPSA) is 54.5 Å². The number of rotatable bonds is 6. The quantitative estimate of drug-likeness (QED) is 0.813. The number of aromatic nitrogens is 1. The third kappa shape index (κ3) is 4.17. The molecule has 0 unspecified atom stereocenters. The highest BCUT2D eigenvalue weighted by molar-refractivity contribution is 5.94. The summed E-state index contributed by atoms with van der Waals surface area (Å²) >= 11 is 0. The normalized spacial score (nSPS) is 15.7. The van der Waals surface area contributed by atoms with E-state index in [0.717, 1.165) is 32.0 Å². The van der Waals surface area contributed by atoms with Crippen molar-refractivity contribution in [1.29, 1.82) is 0 Å². The molecule has 1 aliphatic heterocycles. The SMILES string of the molecule is CCOC(=O)c1cccnc1N(CC)CC1CCNCC1. The molecule has 0 saturated carbocycles. The van der Waals surface area contributed by atoms with Crippen LogP contribution in [0.4, 0.5) is 5.82 Å². The molecule has 0 bridgehead atoms. The van der Waals surface area contributed by atoms with Gasteiger partial charge in [-0.3, -0.25) is 0 Å². The number of piperidine rings is 1. The maximum absolute atomic E-state index is 12.1. The minimum Gasteiger partial charge on any atom is -0.462 e. The van der Waals surface area contributed by atoms with Crippen LogP contribution in [0.3, 0.4) is 0 Å². The predicted molar refractivity (Wildman–Crippen MR) is 83.7 cm³/mol. The number of anilines is 1. The highest BCUT2D eigenvalue weighted by atomic mass is 16.5. The van der Waals surface area contributed by atoms with Crippen LogP contribution in [0.1, 0.15) is 37.0 Å². The molecule has 1 N–H and O–H groups in total. The Hall–Kier alpha value is -1.62. The fourth-order valence-corrected chi connectivity index (χ4v) is 2.76. The summed E-state index contributed by atoms with van der Waals surface area (Å²) < 4.78 is 5.14. The van der Waals surface area contributed by atoms with Crippen molar-refractivity contribution < 1.29 is 9.53 Å². The smallest absolute Gasteiger partial charge is 0.341 e. The van der Waals surface area contributed by atoms with E-state index < -0.39 is 0 Å². The van der Waals surface area contributed by atoms with Crippen LogP contribution < -0.4 is 10.2 Å². The molecular formula is C16H25N3O2. The van der Waals surface area contributed by atoms with Gasteiger partial charge in [0.15, 0.2) is 0 Å². The van der Waals surface area contributed by atoms with Crippen LogP contribution in [0.2, 0.25) is 0 Å². The van der Waals surface area contributed by atoms with Crippen LogP contribution in [0, 0.1) is 5.92 Å². The van der Waals surface area contributed by atoms with E-state index in [1.807, 2.05) is 6.92 Å². The molecule has 116 valence electrons. The van der Waals surface area contributed by atoms with Gasteiger partial charge in [0.05, 0.1) is 6.61 Å². The van der Waals surface area contributed by atoms with Crippen LogP contribution in [0.5, 0.6) is 0 Å². The number of carbonyl (C=O) groups is 1. The van der Waals surface area contributed by atoms with Gasteiger partial charge in [-0.1, -0.05) is 0 Å². The number of pyridine rings is 1. The first kappa shape index (κ1) is 15.8. The number of nitrogens with zero attached hydrogens (tertiary/aromatic N) is 2. The summed E-state index contributed by atoms with van der Waals surface area (Å²) in [6.45, 7) is 8.25. The maximum atomic E-state index is 12.1. The lowest BCUT2D eigenvalue weighted by molar-refractivity contribution is 0.0526. The number of hydrogen-bond acceptors (Lipinski definition) is 5. The Bertz CT molecular complexity index is 459. The lowest BCUT2D eigenvalue weighted by Gasteiger charge is -2.30. The molecule has 5 heteroatoms. The first-order valence-electron chi connectivity index (χ1n) is 7.84. The summed E-state index contributed by atoms with van der Waals surface area (Å²) in [7, 11) is 0. The van der Waals surface area contributed by atoms with E-state index in [2.05, 4.69) is 22.1 Å². The average molecular weight is 291 g/mol. The fourth-order valence-electron chi connectivity index (χ4n) is 2.76. The minimum absolute atomic E-state index is 0.288. The van der Waals surface area contributed by atoms with E-state index in [1.54, 1.807) is 18.3 Å². The maximum Gasteiger partial charge on any atom is 0.341 e. The minimum atomic E-state index is -0.288. The molecule has 0 radical (unpaired) electrons. The molecule has 0 aromatic carbocycles. The number of carbonyl (C=O) groups excluding carboxylic acids is 1. The zero-order valence-electron chi connectivity index (χ0n) is 13.0. The lowest BCUT2D eigenvalue weighted by Crippen LogP contribution is -2.37. The van der Waals surface area contributed by atoms with Crippen molar-refractivity contribution in [3.05, 3.63) is 23.9 Å². The zero-order valence-corrected chi connectivity index (χ0v) is 13.0. The van der Waals surface area contributed by atoms with Crippen molar-refractivity contribution in [2.75, 3.05) is 37.7 Å². The molecule has 0 spiro atoms. The highest BCUT2D eigenvalue weighted by Gasteiger charge is 2.21. The van der Waals surface area contributed by atoms with Gasteiger partial charge < -0.3 is 15.0 Å².